The van der Waals surface area contributed by atoms with E-state index in [1.165, 1.54) is 0 Å². The number of rotatable bonds is 10. The number of ether oxygens (including phenoxy) is 2. The molecule has 2 aromatic rings. The second-order valence-corrected chi connectivity index (χ2v) is 6.59. The van der Waals surface area contributed by atoms with Crippen LogP contribution in [0.5, 0.6) is 0 Å². The van der Waals surface area contributed by atoms with Crippen LogP contribution in [0.4, 0.5) is 0 Å². The van der Waals surface area contributed by atoms with Gasteiger partial charge in [0.2, 0.25) is 0 Å². The van der Waals surface area contributed by atoms with E-state index in [0.717, 1.165) is 42.9 Å². The molecule has 4 heteroatoms. The maximum atomic E-state index is 12.1. The average molecular weight is 356 g/mol. The molecule has 0 amide bonds. The molecule has 0 spiro atoms. The summed E-state index contributed by atoms with van der Waals surface area (Å²) in [5.74, 6) is -0.417. The summed E-state index contributed by atoms with van der Waals surface area (Å²) >= 11 is 0. The van der Waals surface area contributed by atoms with Gasteiger partial charge in [0.15, 0.2) is 0 Å². The van der Waals surface area contributed by atoms with Crippen molar-refractivity contribution in [3.8, 4) is 0 Å². The second-order valence-electron chi connectivity index (χ2n) is 6.59. The Morgan fingerprint density at radius 1 is 0.885 bits per heavy atom. The number of hydrogen-bond donors (Lipinski definition) is 0. The van der Waals surface area contributed by atoms with Crippen LogP contribution >= 0.6 is 0 Å². The van der Waals surface area contributed by atoms with Crippen LogP contribution < -0.4 is 0 Å². The quantitative estimate of drug-likeness (QED) is 0.436. The lowest BCUT2D eigenvalue weighted by atomic mass is 10.1. The predicted molar refractivity (Wildman–Crippen MR) is 103 cm³/mol. The molecule has 2 aromatic carbocycles. The van der Waals surface area contributed by atoms with Crippen molar-refractivity contribution in [3.63, 3.8) is 0 Å². The van der Waals surface area contributed by atoms with E-state index in [9.17, 15) is 9.59 Å². The molecule has 0 aromatic heterocycles. The lowest BCUT2D eigenvalue weighted by Gasteiger charge is -2.09. The lowest BCUT2D eigenvalue weighted by Crippen LogP contribution is -2.14. The summed E-state index contributed by atoms with van der Waals surface area (Å²) in [4.78, 5) is 23.6. The molecular weight excluding hydrogens is 328 g/mol. The molecule has 0 heterocycles. The van der Waals surface area contributed by atoms with Gasteiger partial charge in [-0.1, -0.05) is 44.2 Å². The fraction of sp³-hybridized carbons (Fsp3) is 0.455. The van der Waals surface area contributed by atoms with Gasteiger partial charge < -0.3 is 9.47 Å². The van der Waals surface area contributed by atoms with Gasteiger partial charge in [0.05, 0.1) is 24.7 Å². The Morgan fingerprint density at radius 2 is 1.54 bits per heavy atom. The van der Waals surface area contributed by atoms with Crippen molar-refractivity contribution in [2.75, 3.05) is 13.2 Å². The molecule has 0 fully saturated rings. The van der Waals surface area contributed by atoms with Gasteiger partial charge in [-0.25, -0.2) is 4.79 Å². The summed E-state index contributed by atoms with van der Waals surface area (Å²) in [5.41, 5.74) is 0.584. The van der Waals surface area contributed by atoms with Gasteiger partial charge in [-0.15, -0.1) is 0 Å². The summed E-state index contributed by atoms with van der Waals surface area (Å²) in [6.45, 7) is 4.75. The first-order chi connectivity index (χ1) is 12.6. The standard InChI is InChI=1S/C22H28O4/c1-3-17(2)21(23)25-14-8-4-5-9-15-26-22(24)20-13-12-18-10-6-7-11-19(18)16-20/h6-7,10-13,16-17H,3-5,8-9,14-15H2,1-2H3. The number of hydrogen-bond acceptors (Lipinski definition) is 4. The van der Waals surface area contributed by atoms with E-state index in [-0.39, 0.29) is 17.9 Å². The van der Waals surface area contributed by atoms with Crippen LogP contribution in [0, 0.1) is 5.92 Å². The average Bonchev–Trinajstić information content (AvgIpc) is 2.68. The summed E-state index contributed by atoms with van der Waals surface area (Å²) in [6.07, 6.45) is 4.38. The number of carbonyl (C=O) groups excluding carboxylic acids is 2. The second kappa shape index (κ2) is 10.6. The van der Waals surface area contributed by atoms with Crippen molar-refractivity contribution in [2.45, 2.75) is 46.0 Å². The van der Waals surface area contributed by atoms with Crippen LogP contribution in [-0.2, 0) is 14.3 Å². The van der Waals surface area contributed by atoms with Crippen LogP contribution in [0.15, 0.2) is 42.5 Å². The van der Waals surface area contributed by atoms with E-state index < -0.39 is 0 Å². The van der Waals surface area contributed by atoms with Gasteiger partial charge >= 0.3 is 11.9 Å². The molecule has 0 saturated carbocycles. The Morgan fingerprint density at radius 3 is 2.23 bits per heavy atom. The number of carbonyl (C=O) groups is 2. The van der Waals surface area contributed by atoms with Crippen molar-refractivity contribution in [1.82, 2.24) is 0 Å². The molecule has 0 saturated heterocycles. The summed E-state index contributed by atoms with van der Waals surface area (Å²) < 4.78 is 10.6. The van der Waals surface area contributed by atoms with Crippen LogP contribution in [0.25, 0.3) is 10.8 Å². The highest BCUT2D eigenvalue weighted by Crippen LogP contribution is 2.16. The molecular formula is C22H28O4. The van der Waals surface area contributed by atoms with Crippen molar-refractivity contribution < 1.29 is 19.1 Å². The van der Waals surface area contributed by atoms with Crippen molar-refractivity contribution >= 4 is 22.7 Å². The maximum absolute atomic E-state index is 12.1. The third-order valence-electron chi connectivity index (χ3n) is 4.52. The minimum absolute atomic E-state index is 0.0236. The molecule has 140 valence electrons. The number of esters is 2. The topological polar surface area (TPSA) is 52.6 Å². The van der Waals surface area contributed by atoms with Crippen LogP contribution in [0.1, 0.15) is 56.3 Å². The third kappa shape index (κ3) is 6.17. The van der Waals surface area contributed by atoms with Gasteiger partial charge in [0.1, 0.15) is 0 Å². The van der Waals surface area contributed by atoms with Gasteiger partial charge in [-0.05, 0) is 55.0 Å². The Kier molecular flexibility index (Phi) is 8.13. The highest BCUT2D eigenvalue weighted by molar-refractivity contribution is 5.95. The van der Waals surface area contributed by atoms with Gasteiger partial charge in [0.25, 0.3) is 0 Å². The van der Waals surface area contributed by atoms with Crippen LogP contribution in [0.2, 0.25) is 0 Å². The third-order valence-corrected chi connectivity index (χ3v) is 4.52. The molecule has 4 nitrogen and oxygen atoms in total. The van der Waals surface area contributed by atoms with Gasteiger partial charge in [-0.2, -0.15) is 0 Å². The molecule has 0 radical (unpaired) electrons. The Hall–Kier alpha value is -2.36. The van der Waals surface area contributed by atoms with Crippen molar-refractivity contribution in [3.05, 3.63) is 48.0 Å². The van der Waals surface area contributed by atoms with Gasteiger partial charge in [-0.3, -0.25) is 4.79 Å². The highest BCUT2D eigenvalue weighted by Gasteiger charge is 2.11. The fourth-order valence-corrected chi connectivity index (χ4v) is 2.60. The molecule has 0 N–H and O–H groups in total. The molecule has 1 atom stereocenters. The zero-order chi connectivity index (χ0) is 18.8. The SMILES string of the molecule is CCC(C)C(=O)OCCCCCCOC(=O)c1ccc2ccccc2c1. The van der Waals surface area contributed by atoms with E-state index in [2.05, 4.69) is 0 Å². The Bertz CT molecular complexity index is 723. The minimum atomic E-state index is -0.279. The maximum Gasteiger partial charge on any atom is 0.338 e. The molecule has 0 aliphatic rings. The van der Waals surface area contributed by atoms with E-state index in [1.807, 2.05) is 50.2 Å². The normalized spacial score (nSPS) is 11.9. The summed E-state index contributed by atoms with van der Waals surface area (Å²) in [5, 5.41) is 2.15. The molecule has 2 rings (SSSR count). The molecule has 26 heavy (non-hydrogen) atoms. The monoisotopic (exact) mass is 356 g/mol. The number of unbranched alkanes of at least 4 members (excludes halogenated alkanes) is 3. The lowest BCUT2D eigenvalue weighted by molar-refractivity contribution is -0.148. The predicted octanol–water partition coefficient (Wildman–Crippen LogP) is 5.15. The van der Waals surface area contributed by atoms with E-state index >= 15 is 0 Å². The van der Waals surface area contributed by atoms with Crippen molar-refractivity contribution in [2.24, 2.45) is 5.92 Å². The molecule has 1 unspecified atom stereocenters. The number of benzene rings is 2. The highest BCUT2D eigenvalue weighted by atomic mass is 16.5. The fourth-order valence-electron chi connectivity index (χ4n) is 2.60. The summed E-state index contributed by atoms with van der Waals surface area (Å²) in [7, 11) is 0. The first kappa shape index (κ1) is 20.0. The largest absolute Gasteiger partial charge is 0.465 e. The van der Waals surface area contributed by atoms with Crippen LogP contribution in [-0.4, -0.2) is 25.2 Å². The Labute approximate surface area is 155 Å². The molecule has 0 bridgehead atoms. The molecule has 0 aliphatic carbocycles. The number of fused-ring (bicyclic) bond motifs is 1. The van der Waals surface area contributed by atoms with E-state index in [0.29, 0.717) is 18.8 Å². The zero-order valence-electron chi connectivity index (χ0n) is 15.7. The zero-order valence-corrected chi connectivity index (χ0v) is 15.7. The van der Waals surface area contributed by atoms with Crippen molar-refractivity contribution in [1.29, 1.82) is 0 Å². The first-order valence-electron chi connectivity index (χ1n) is 9.44. The van der Waals surface area contributed by atoms with Gasteiger partial charge in [0, 0.05) is 0 Å². The minimum Gasteiger partial charge on any atom is -0.465 e. The molecule has 0 aliphatic heterocycles. The Balaban J connectivity index is 1.59. The van der Waals surface area contributed by atoms with Crippen LogP contribution in [0.3, 0.4) is 0 Å². The van der Waals surface area contributed by atoms with E-state index in [4.69, 9.17) is 9.47 Å². The first-order valence-corrected chi connectivity index (χ1v) is 9.44. The summed E-state index contributed by atoms with van der Waals surface area (Å²) in [6, 6.07) is 13.5. The smallest absolute Gasteiger partial charge is 0.338 e. The van der Waals surface area contributed by atoms with E-state index in [1.54, 1.807) is 6.07 Å².